The maximum atomic E-state index is 12.0. The topological polar surface area (TPSA) is 59.4 Å². The molecular weight excluding hydrogens is 384 g/mol. The minimum absolute atomic E-state index is 0.126. The van der Waals surface area contributed by atoms with Gasteiger partial charge in [-0.05, 0) is 87.4 Å². The Bertz CT molecular complexity index is 770. The van der Waals surface area contributed by atoms with E-state index in [2.05, 4.69) is 39.4 Å². The predicted octanol–water partition coefficient (Wildman–Crippen LogP) is 4.06. The fourth-order valence-electron chi connectivity index (χ4n) is 5.70. The van der Waals surface area contributed by atoms with Crippen LogP contribution in [0.1, 0.15) is 68.9 Å². The zero-order valence-electron chi connectivity index (χ0n) is 19.0. The number of rotatable bonds is 8. The Kier molecular flexibility index (Phi) is 7.86. The smallest absolute Gasteiger partial charge is 0.220 e. The highest BCUT2D eigenvalue weighted by Gasteiger charge is 2.25. The summed E-state index contributed by atoms with van der Waals surface area (Å²) < 4.78 is 0. The van der Waals surface area contributed by atoms with Gasteiger partial charge in [0.15, 0.2) is 0 Å². The van der Waals surface area contributed by atoms with Crippen LogP contribution in [0.15, 0.2) is 18.2 Å². The van der Waals surface area contributed by atoms with Gasteiger partial charge in [0.2, 0.25) is 5.91 Å². The van der Waals surface area contributed by atoms with Gasteiger partial charge in [-0.3, -0.25) is 9.69 Å². The molecule has 0 spiro atoms. The Morgan fingerprint density at radius 3 is 2.68 bits per heavy atom. The summed E-state index contributed by atoms with van der Waals surface area (Å²) in [5.74, 6) is 0.933. The van der Waals surface area contributed by atoms with E-state index in [0.717, 1.165) is 31.8 Å². The molecule has 31 heavy (non-hydrogen) atoms. The molecule has 1 aliphatic heterocycles. The van der Waals surface area contributed by atoms with Crippen LogP contribution in [0.5, 0.6) is 0 Å². The van der Waals surface area contributed by atoms with Gasteiger partial charge in [0.05, 0.1) is 6.07 Å². The van der Waals surface area contributed by atoms with E-state index in [4.69, 9.17) is 5.26 Å². The van der Waals surface area contributed by atoms with Crippen molar-refractivity contribution in [1.29, 1.82) is 5.26 Å². The minimum Gasteiger partial charge on any atom is -0.369 e. The molecule has 0 radical (unpaired) electrons. The van der Waals surface area contributed by atoms with E-state index in [9.17, 15) is 4.79 Å². The minimum atomic E-state index is 0.126. The second-order valence-electron chi connectivity index (χ2n) is 9.68. The number of benzene rings is 1. The lowest BCUT2D eigenvalue weighted by Crippen LogP contribution is -2.47. The van der Waals surface area contributed by atoms with Gasteiger partial charge in [0.1, 0.15) is 0 Å². The normalized spacial score (nSPS) is 23.9. The molecule has 0 aromatic heterocycles. The monoisotopic (exact) mass is 422 g/mol. The second-order valence-corrected chi connectivity index (χ2v) is 9.68. The molecule has 1 aromatic rings. The molecule has 3 aliphatic rings. The molecule has 1 N–H and O–H groups in total. The Labute approximate surface area is 187 Å². The molecule has 5 heteroatoms. The standard InChI is InChI=1S/C26H38N4O/c27-15-2-1-9-26(31)28-23-12-10-21(11-13-23)14-16-29-17-19-30(20-18-29)25-8-4-6-22-5-3-7-24(22)25/h4,6,8,21,23H,1-3,5,7,9-14,16-20H2,(H,28,31). The van der Waals surface area contributed by atoms with Crippen molar-refractivity contribution in [3.8, 4) is 6.07 Å². The van der Waals surface area contributed by atoms with E-state index >= 15 is 0 Å². The summed E-state index contributed by atoms with van der Waals surface area (Å²) in [5.41, 5.74) is 4.70. The summed E-state index contributed by atoms with van der Waals surface area (Å²) in [7, 11) is 0. The number of anilines is 1. The summed E-state index contributed by atoms with van der Waals surface area (Å²) in [4.78, 5) is 17.2. The Morgan fingerprint density at radius 1 is 1.10 bits per heavy atom. The summed E-state index contributed by atoms with van der Waals surface area (Å²) in [5, 5.41) is 11.8. The van der Waals surface area contributed by atoms with E-state index < -0.39 is 0 Å². The molecule has 1 saturated heterocycles. The van der Waals surface area contributed by atoms with E-state index in [1.54, 1.807) is 11.1 Å². The number of nitrogens with zero attached hydrogens (tertiary/aromatic N) is 3. The molecule has 0 bridgehead atoms. The zero-order valence-corrected chi connectivity index (χ0v) is 19.0. The van der Waals surface area contributed by atoms with E-state index in [1.807, 2.05) is 0 Å². The van der Waals surface area contributed by atoms with Crippen molar-refractivity contribution < 1.29 is 4.79 Å². The van der Waals surface area contributed by atoms with Crippen LogP contribution >= 0.6 is 0 Å². The van der Waals surface area contributed by atoms with Gasteiger partial charge >= 0.3 is 0 Å². The van der Waals surface area contributed by atoms with Crippen LogP contribution in [0.4, 0.5) is 5.69 Å². The van der Waals surface area contributed by atoms with E-state index in [0.29, 0.717) is 25.3 Å². The lowest BCUT2D eigenvalue weighted by atomic mass is 9.84. The number of nitriles is 1. The number of carbonyl (C=O) groups excluding carboxylic acids is 1. The van der Waals surface area contributed by atoms with Gasteiger partial charge in [-0.1, -0.05) is 12.1 Å². The third-order valence-electron chi connectivity index (χ3n) is 7.59. The van der Waals surface area contributed by atoms with Crippen LogP contribution in [0, 0.1) is 17.2 Å². The van der Waals surface area contributed by atoms with Gasteiger partial charge in [-0.25, -0.2) is 0 Å². The number of aryl methyl sites for hydroxylation is 1. The molecule has 168 valence electrons. The Hall–Kier alpha value is -2.06. The van der Waals surface area contributed by atoms with Crippen molar-refractivity contribution >= 4 is 11.6 Å². The highest BCUT2D eigenvalue weighted by molar-refractivity contribution is 5.76. The molecule has 1 aromatic carbocycles. The molecule has 0 unspecified atom stereocenters. The highest BCUT2D eigenvalue weighted by Crippen LogP contribution is 2.32. The average molecular weight is 423 g/mol. The number of piperazine rings is 1. The van der Waals surface area contributed by atoms with Gasteiger partial charge in [0.25, 0.3) is 0 Å². The van der Waals surface area contributed by atoms with E-state index in [1.165, 1.54) is 63.8 Å². The highest BCUT2D eigenvalue weighted by atomic mass is 16.1. The predicted molar refractivity (Wildman–Crippen MR) is 125 cm³/mol. The lowest BCUT2D eigenvalue weighted by Gasteiger charge is -2.38. The third-order valence-corrected chi connectivity index (χ3v) is 7.59. The molecular formula is C26H38N4O. The number of fused-ring (bicyclic) bond motifs is 1. The second kappa shape index (κ2) is 11.0. The van der Waals surface area contributed by atoms with Crippen LogP contribution in [-0.4, -0.2) is 49.6 Å². The van der Waals surface area contributed by atoms with Crippen molar-refractivity contribution in [2.24, 2.45) is 5.92 Å². The Balaban J connectivity index is 1.13. The van der Waals surface area contributed by atoms with Crippen molar-refractivity contribution in [1.82, 2.24) is 10.2 Å². The van der Waals surface area contributed by atoms with E-state index in [-0.39, 0.29) is 5.91 Å². The largest absolute Gasteiger partial charge is 0.369 e. The van der Waals surface area contributed by atoms with Crippen molar-refractivity contribution in [2.75, 3.05) is 37.6 Å². The van der Waals surface area contributed by atoms with Gasteiger partial charge < -0.3 is 10.2 Å². The van der Waals surface area contributed by atoms with Crippen LogP contribution < -0.4 is 10.2 Å². The first kappa shape index (κ1) is 22.1. The number of nitrogens with one attached hydrogen (secondary N) is 1. The molecule has 5 nitrogen and oxygen atoms in total. The zero-order chi connectivity index (χ0) is 21.5. The number of hydrogen-bond donors (Lipinski definition) is 1. The molecule has 4 rings (SSSR count). The average Bonchev–Trinajstić information content (AvgIpc) is 3.28. The molecule has 1 heterocycles. The molecule has 2 aliphatic carbocycles. The number of unbranched alkanes of at least 4 members (excludes halogenated alkanes) is 1. The van der Waals surface area contributed by atoms with Crippen molar-refractivity contribution in [3.05, 3.63) is 29.3 Å². The number of carbonyl (C=O) groups is 1. The van der Waals surface area contributed by atoms with Gasteiger partial charge in [-0.2, -0.15) is 5.26 Å². The quantitative estimate of drug-likeness (QED) is 0.642. The van der Waals surface area contributed by atoms with Crippen LogP contribution in [0.3, 0.4) is 0 Å². The molecule has 1 saturated carbocycles. The van der Waals surface area contributed by atoms with Crippen molar-refractivity contribution in [2.45, 2.75) is 76.7 Å². The summed E-state index contributed by atoms with van der Waals surface area (Å²) in [6.07, 6.45) is 11.5. The van der Waals surface area contributed by atoms with Crippen LogP contribution in [-0.2, 0) is 17.6 Å². The first-order valence-electron chi connectivity index (χ1n) is 12.5. The Morgan fingerprint density at radius 2 is 1.90 bits per heavy atom. The maximum absolute atomic E-state index is 12.0. The number of hydrogen-bond acceptors (Lipinski definition) is 4. The molecule has 2 fully saturated rings. The maximum Gasteiger partial charge on any atom is 0.220 e. The lowest BCUT2D eigenvalue weighted by molar-refractivity contribution is -0.122. The van der Waals surface area contributed by atoms with Gasteiger partial charge in [0, 0.05) is 50.7 Å². The fraction of sp³-hybridized carbons (Fsp3) is 0.692. The van der Waals surface area contributed by atoms with Crippen LogP contribution in [0.25, 0.3) is 0 Å². The summed E-state index contributed by atoms with van der Waals surface area (Å²) in [6.45, 7) is 5.88. The summed E-state index contributed by atoms with van der Waals surface area (Å²) in [6, 6.07) is 9.35. The summed E-state index contributed by atoms with van der Waals surface area (Å²) >= 11 is 0. The SMILES string of the molecule is N#CCCCC(=O)NC1CCC(CCN2CCN(c3cccc4c3CCC4)CC2)CC1. The third kappa shape index (κ3) is 6.01. The molecule has 0 atom stereocenters. The first-order valence-corrected chi connectivity index (χ1v) is 12.5. The molecule has 1 amide bonds. The fourth-order valence-corrected chi connectivity index (χ4v) is 5.70. The van der Waals surface area contributed by atoms with Crippen LogP contribution in [0.2, 0.25) is 0 Å². The number of amides is 1. The van der Waals surface area contributed by atoms with Crippen molar-refractivity contribution in [3.63, 3.8) is 0 Å². The van der Waals surface area contributed by atoms with Gasteiger partial charge in [-0.15, -0.1) is 0 Å². The first-order chi connectivity index (χ1) is 15.2.